The van der Waals surface area contributed by atoms with Crippen molar-refractivity contribution in [2.45, 2.75) is 33.3 Å². The van der Waals surface area contributed by atoms with E-state index in [0.29, 0.717) is 0 Å². The van der Waals surface area contributed by atoms with E-state index in [0.717, 1.165) is 0 Å². The van der Waals surface area contributed by atoms with E-state index in [1.54, 1.807) is 20.8 Å². The first-order valence-corrected chi connectivity index (χ1v) is 6.64. The van der Waals surface area contributed by atoms with Gasteiger partial charge in [-0.15, -0.1) is 0 Å². The Hall–Kier alpha value is -1.63. The minimum absolute atomic E-state index is 0.0185. The van der Waals surface area contributed by atoms with Crippen LogP contribution in [0.1, 0.15) is 27.2 Å². The monoisotopic (exact) mass is 288 g/mol. The second-order valence-corrected chi connectivity index (χ2v) is 4.42. The van der Waals surface area contributed by atoms with Crippen LogP contribution in [0.15, 0.2) is 0 Å². The lowest BCUT2D eigenvalue weighted by atomic mass is 10.0. The van der Waals surface area contributed by atoms with Crippen LogP contribution < -0.4 is 0 Å². The van der Waals surface area contributed by atoms with Gasteiger partial charge in [0.25, 0.3) is 0 Å². The van der Waals surface area contributed by atoms with E-state index in [9.17, 15) is 19.5 Å². The first-order chi connectivity index (χ1) is 9.45. The molecule has 1 fully saturated rings. The van der Waals surface area contributed by atoms with Crippen molar-refractivity contribution in [3.05, 3.63) is 0 Å². The van der Waals surface area contributed by atoms with Crippen LogP contribution in [0.4, 0.5) is 0 Å². The summed E-state index contributed by atoms with van der Waals surface area (Å²) in [4.78, 5) is 35.4. The standard InChI is InChI=1S/C13H20O7/c1-4-18-10(15)9(14)8-7-13(8,11(16)19-5-2)12(17)20-6-3/h8-9,14H,4-7H2,1-3H3. The van der Waals surface area contributed by atoms with Gasteiger partial charge in [0.2, 0.25) is 0 Å². The fraction of sp³-hybridized carbons (Fsp3) is 0.769. The van der Waals surface area contributed by atoms with Crippen molar-refractivity contribution in [2.24, 2.45) is 11.3 Å². The molecule has 114 valence electrons. The molecule has 1 rings (SSSR count). The van der Waals surface area contributed by atoms with E-state index in [2.05, 4.69) is 4.74 Å². The number of aliphatic hydroxyl groups excluding tert-OH is 1. The molecule has 0 heterocycles. The molecule has 0 amide bonds. The van der Waals surface area contributed by atoms with Crippen molar-refractivity contribution in [1.29, 1.82) is 0 Å². The van der Waals surface area contributed by atoms with E-state index >= 15 is 0 Å². The molecule has 2 unspecified atom stereocenters. The highest BCUT2D eigenvalue weighted by molar-refractivity contribution is 6.04. The average Bonchev–Trinajstić information content (AvgIpc) is 3.15. The van der Waals surface area contributed by atoms with Crippen LogP contribution in [-0.4, -0.2) is 48.9 Å². The van der Waals surface area contributed by atoms with Crippen molar-refractivity contribution in [3.63, 3.8) is 0 Å². The maximum Gasteiger partial charge on any atom is 0.335 e. The summed E-state index contributed by atoms with van der Waals surface area (Å²) in [5.41, 5.74) is -1.59. The van der Waals surface area contributed by atoms with Gasteiger partial charge in [-0.05, 0) is 27.2 Å². The fourth-order valence-corrected chi connectivity index (χ4v) is 2.13. The molecule has 0 aromatic rings. The number of hydrogen-bond acceptors (Lipinski definition) is 7. The normalized spacial score (nSPS) is 20.7. The van der Waals surface area contributed by atoms with E-state index in [4.69, 9.17) is 9.47 Å². The number of hydrogen-bond donors (Lipinski definition) is 1. The van der Waals surface area contributed by atoms with Crippen LogP contribution in [0.2, 0.25) is 0 Å². The predicted molar refractivity (Wildman–Crippen MR) is 66.4 cm³/mol. The lowest BCUT2D eigenvalue weighted by Gasteiger charge is -2.16. The molecule has 0 aromatic carbocycles. The SMILES string of the molecule is CCOC(=O)C(O)C1CC1(C(=O)OCC)C(=O)OCC. The Labute approximate surface area is 117 Å². The summed E-state index contributed by atoms with van der Waals surface area (Å²) in [7, 11) is 0. The predicted octanol–water partition coefficient (Wildman–Crippen LogP) is 0.0429. The molecule has 20 heavy (non-hydrogen) atoms. The summed E-state index contributed by atoms with van der Waals surface area (Å²) in [5.74, 6) is -3.26. The van der Waals surface area contributed by atoms with Gasteiger partial charge < -0.3 is 19.3 Å². The van der Waals surface area contributed by atoms with Crippen LogP contribution in [0.3, 0.4) is 0 Å². The molecule has 0 aromatic heterocycles. The Morgan fingerprint density at radius 2 is 1.50 bits per heavy atom. The summed E-state index contributed by atoms with van der Waals surface area (Å²) < 4.78 is 14.4. The van der Waals surface area contributed by atoms with Crippen LogP contribution in [0, 0.1) is 11.3 Å². The van der Waals surface area contributed by atoms with E-state index in [1.165, 1.54) is 0 Å². The Kier molecular flexibility index (Phi) is 5.50. The Morgan fingerprint density at radius 3 is 1.90 bits per heavy atom. The number of esters is 3. The van der Waals surface area contributed by atoms with Crippen molar-refractivity contribution < 1.29 is 33.7 Å². The Bertz CT molecular complexity index is 372. The highest BCUT2D eigenvalue weighted by Gasteiger charge is 2.71. The maximum absolute atomic E-state index is 12.0. The van der Waals surface area contributed by atoms with Crippen molar-refractivity contribution >= 4 is 17.9 Å². The number of aliphatic hydroxyl groups is 1. The first kappa shape index (κ1) is 16.4. The molecule has 7 heteroatoms. The third-order valence-corrected chi connectivity index (χ3v) is 3.20. The van der Waals surface area contributed by atoms with Gasteiger partial charge in [0.1, 0.15) is 0 Å². The maximum atomic E-state index is 12.0. The molecule has 0 saturated heterocycles. The summed E-state index contributed by atoms with van der Waals surface area (Å²) in [6, 6.07) is 0. The molecule has 1 N–H and O–H groups in total. The molecular weight excluding hydrogens is 268 g/mol. The number of rotatable bonds is 7. The molecular formula is C13H20O7. The number of carbonyl (C=O) groups excluding carboxylic acids is 3. The number of ether oxygens (including phenoxy) is 3. The number of carbonyl (C=O) groups is 3. The molecule has 1 saturated carbocycles. The zero-order valence-electron chi connectivity index (χ0n) is 11.9. The zero-order valence-corrected chi connectivity index (χ0v) is 11.9. The van der Waals surface area contributed by atoms with Gasteiger partial charge >= 0.3 is 17.9 Å². The largest absolute Gasteiger partial charge is 0.465 e. The minimum atomic E-state index is -1.59. The smallest absolute Gasteiger partial charge is 0.335 e. The lowest BCUT2D eigenvalue weighted by Crippen LogP contribution is -2.37. The molecule has 0 bridgehead atoms. The quantitative estimate of drug-likeness (QED) is 0.401. The van der Waals surface area contributed by atoms with Gasteiger partial charge in [0.05, 0.1) is 19.8 Å². The van der Waals surface area contributed by atoms with Gasteiger partial charge in [-0.1, -0.05) is 0 Å². The van der Waals surface area contributed by atoms with Crippen LogP contribution in [0.25, 0.3) is 0 Å². The van der Waals surface area contributed by atoms with E-state index in [-0.39, 0.29) is 26.2 Å². The highest BCUT2D eigenvalue weighted by Crippen LogP contribution is 2.56. The van der Waals surface area contributed by atoms with Crippen molar-refractivity contribution in [3.8, 4) is 0 Å². The van der Waals surface area contributed by atoms with Gasteiger partial charge in [-0.3, -0.25) is 9.59 Å². The second kappa shape index (κ2) is 6.69. The van der Waals surface area contributed by atoms with Crippen LogP contribution in [-0.2, 0) is 28.6 Å². The third-order valence-electron chi connectivity index (χ3n) is 3.20. The highest BCUT2D eigenvalue weighted by atomic mass is 16.6. The van der Waals surface area contributed by atoms with E-state index < -0.39 is 35.3 Å². The van der Waals surface area contributed by atoms with Crippen LogP contribution in [0.5, 0.6) is 0 Å². The molecule has 0 spiro atoms. The zero-order chi connectivity index (χ0) is 15.3. The molecule has 0 radical (unpaired) electrons. The van der Waals surface area contributed by atoms with Gasteiger partial charge in [-0.2, -0.15) is 0 Å². The van der Waals surface area contributed by atoms with Gasteiger partial charge in [-0.25, -0.2) is 4.79 Å². The van der Waals surface area contributed by atoms with Gasteiger partial charge in [0, 0.05) is 5.92 Å². The summed E-state index contributed by atoms with van der Waals surface area (Å²) in [5, 5.41) is 9.87. The minimum Gasteiger partial charge on any atom is -0.465 e. The molecule has 0 aliphatic heterocycles. The molecule has 1 aliphatic carbocycles. The van der Waals surface area contributed by atoms with Crippen molar-refractivity contribution in [2.75, 3.05) is 19.8 Å². The second-order valence-electron chi connectivity index (χ2n) is 4.42. The first-order valence-electron chi connectivity index (χ1n) is 6.64. The summed E-state index contributed by atoms with van der Waals surface area (Å²) >= 11 is 0. The summed E-state index contributed by atoms with van der Waals surface area (Å²) in [6.07, 6.45) is -1.52. The fourth-order valence-electron chi connectivity index (χ4n) is 2.13. The molecule has 1 aliphatic rings. The Morgan fingerprint density at radius 1 is 1.05 bits per heavy atom. The van der Waals surface area contributed by atoms with Crippen LogP contribution >= 0.6 is 0 Å². The van der Waals surface area contributed by atoms with Gasteiger partial charge in [0.15, 0.2) is 11.5 Å². The molecule has 2 atom stereocenters. The lowest BCUT2D eigenvalue weighted by molar-refractivity contribution is -0.167. The van der Waals surface area contributed by atoms with E-state index in [1.807, 2.05) is 0 Å². The third kappa shape index (κ3) is 2.92. The Balaban J connectivity index is 2.87. The topological polar surface area (TPSA) is 99.1 Å². The summed E-state index contributed by atoms with van der Waals surface area (Å²) in [6.45, 7) is 5.12. The van der Waals surface area contributed by atoms with Crippen molar-refractivity contribution in [1.82, 2.24) is 0 Å². The average molecular weight is 288 g/mol. The molecule has 7 nitrogen and oxygen atoms in total.